The summed E-state index contributed by atoms with van der Waals surface area (Å²) >= 11 is 0. The molecule has 6 nitrogen and oxygen atoms in total. The number of rotatable bonds is 9. The molecule has 0 unspecified atom stereocenters. The molecule has 0 saturated carbocycles. The van der Waals surface area contributed by atoms with Crippen molar-refractivity contribution < 1.29 is 23.5 Å². The average Bonchev–Trinajstić information content (AvgIpc) is 3.23. The van der Waals surface area contributed by atoms with Gasteiger partial charge < -0.3 is 23.5 Å². The van der Waals surface area contributed by atoms with Gasteiger partial charge in [-0.1, -0.05) is 30.6 Å². The topological polar surface area (TPSA) is 63.0 Å². The third-order valence-electron chi connectivity index (χ3n) is 4.45. The molecule has 2 aromatic carbocycles. The lowest BCUT2D eigenvalue weighted by molar-refractivity contribution is 0.309. The van der Waals surface area contributed by atoms with E-state index in [1.807, 2.05) is 30.3 Å². The van der Waals surface area contributed by atoms with E-state index in [1.165, 1.54) is 0 Å². The van der Waals surface area contributed by atoms with Crippen LogP contribution in [0.4, 0.5) is 0 Å². The van der Waals surface area contributed by atoms with Gasteiger partial charge in [0.1, 0.15) is 11.5 Å². The third kappa shape index (κ3) is 4.06. The second-order valence-corrected chi connectivity index (χ2v) is 6.20. The zero-order valence-corrected chi connectivity index (χ0v) is 16.7. The van der Waals surface area contributed by atoms with E-state index in [9.17, 15) is 0 Å². The van der Waals surface area contributed by atoms with Gasteiger partial charge in [0.2, 0.25) is 0 Å². The van der Waals surface area contributed by atoms with Gasteiger partial charge in [-0.05, 0) is 30.2 Å². The summed E-state index contributed by atoms with van der Waals surface area (Å²) in [6.45, 7) is 2.86. The molecular formula is C22H25NO5. The van der Waals surface area contributed by atoms with Crippen LogP contribution in [-0.2, 0) is 0 Å². The fourth-order valence-electron chi connectivity index (χ4n) is 2.91. The smallest absolute Gasteiger partial charge is 0.178 e. The molecule has 0 fully saturated rings. The van der Waals surface area contributed by atoms with Gasteiger partial charge in [-0.15, -0.1) is 0 Å². The predicted octanol–water partition coefficient (Wildman–Crippen LogP) is 5.21. The predicted molar refractivity (Wildman–Crippen MR) is 107 cm³/mol. The number of hydrogen-bond donors (Lipinski definition) is 0. The fourth-order valence-corrected chi connectivity index (χ4v) is 2.91. The molecule has 0 aliphatic carbocycles. The maximum absolute atomic E-state index is 5.74. The lowest BCUT2D eigenvalue weighted by Gasteiger charge is -2.13. The summed E-state index contributed by atoms with van der Waals surface area (Å²) in [5, 5.41) is 4.00. The molecule has 6 heteroatoms. The van der Waals surface area contributed by atoms with Crippen molar-refractivity contribution in [1.82, 2.24) is 5.16 Å². The summed E-state index contributed by atoms with van der Waals surface area (Å²) in [6.07, 6.45) is 3.84. The minimum Gasteiger partial charge on any atom is -0.496 e. The summed E-state index contributed by atoms with van der Waals surface area (Å²) in [4.78, 5) is 0. The largest absolute Gasteiger partial charge is 0.496 e. The molecule has 0 saturated heterocycles. The first kappa shape index (κ1) is 19.6. The number of methoxy groups -OCH3 is 3. The SMILES string of the molecule is CCCCOc1ccc(-c2cnoc2-c2cc(OC)c(OC)cc2OC)cc1. The Hall–Kier alpha value is -3.15. The molecule has 0 spiro atoms. The highest BCUT2D eigenvalue weighted by Gasteiger charge is 2.20. The summed E-state index contributed by atoms with van der Waals surface area (Å²) in [5.41, 5.74) is 2.55. The maximum Gasteiger partial charge on any atom is 0.178 e. The third-order valence-corrected chi connectivity index (χ3v) is 4.45. The van der Waals surface area contributed by atoms with Crippen LogP contribution in [0, 0.1) is 0 Å². The Morgan fingerprint density at radius 3 is 2.18 bits per heavy atom. The van der Waals surface area contributed by atoms with Crippen LogP contribution in [0.15, 0.2) is 47.1 Å². The van der Waals surface area contributed by atoms with Crippen LogP contribution in [0.1, 0.15) is 19.8 Å². The van der Waals surface area contributed by atoms with Gasteiger partial charge in [-0.25, -0.2) is 0 Å². The quantitative estimate of drug-likeness (QED) is 0.473. The molecule has 0 bridgehead atoms. The number of unbranched alkanes of at least 4 members (excludes halogenated alkanes) is 1. The van der Waals surface area contributed by atoms with Gasteiger partial charge in [0.05, 0.1) is 39.7 Å². The van der Waals surface area contributed by atoms with E-state index in [0.717, 1.165) is 41.9 Å². The second-order valence-electron chi connectivity index (χ2n) is 6.20. The van der Waals surface area contributed by atoms with E-state index in [0.29, 0.717) is 23.0 Å². The minimum absolute atomic E-state index is 0.581. The first-order valence-electron chi connectivity index (χ1n) is 9.20. The van der Waals surface area contributed by atoms with Crippen LogP contribution in [0.2, 0.25) is 0 Å². The highest BCUT2D eigenvalue weighted by Crippen LogP contribution is 2.43. The number of ether oxygens (including phenoxy) is 4. The highest BCUT2D eigenvalue weighted by atomic mass is 16.5. The monoisotopic (exact) mass is 383 g/mol. The van der Waals surface area contributed by atoms with Crippen molar-refractivity contribution in [3.05, 3.63) is 42.6 Å². The molecule has 0 atom stereocenters. The van der Waals surface area contributed by atoms with Crippen LogP contribution < -0.4 is 18.9 Å². The Morgan fingerprint density at radius 1 is 0.857 bits per heavy atom. The Morgan fingerprint density at radius 2 is 1.54 bits per heavy atom. The zero-order valence-electron chi connectivity index (χ0n) is 16.7. The second kappa shape index (κ2) is 9.17. The number of hydrogen-bond acceptors (Lipinski definition) is 6. The molecule has 148 valence electrons. The highest BCUT2D eigenvalue weighted by molar-refractivity contribution is 5.83. The Labute approximate surface area is 165 Å². The van der Waals surface area contributed by atoms with Crippen LogP contribution in [0.3, 0.4) is 0 Å². The molecule has 0 aliphatic rings. The van der Waals surface area contributed by atoms with Gasteiger partial charge in [-0.2, -0.15) is 0 Å². The van der Waals surface area contributed by atoms with Crippen LogP contribution in [0.25, 0.3) is 22.5 Å². The van der Waals surface area contributed by atoms with Gasteiger partial charge in [-0.3, -0.25) is 0 Å². The lowest BCUT2D eigenvalue weighted by Crippen LogP contribution is -1.96. The molecule has 0 N–H and O–H groups in total. The first-order valence-corrected chi connectivity index (χ1v) is 9.20. The summed E-state index contributed by atoms with van der Waals surface area (Å²) in [6, 6.07) is 11.5. The number of nitrogens with zero attached hydrogens (tertiary/aromatic N) is 1. The average molecular weight is 383 g/mol. The van der Waals surface area contributed by atoms with Crippen molar-refractivity contribution in [2.45, 2.75) is 19.8 Å². The van der Waals surface area contributed by atoms with E-state index in [-0.39, 0.29) is 0 Å². The van der Waals surface area contributed by atoms with E-state index in [1.54, 1.807) is 33.6 Å². The molecule has 0 amide bonds. The van der Waals surface area contributed by atoms with Crippen molar-refractivity contribution >= 4 is 0 Å². The van der Waals surface area contributed by atoms with Crippen molar-refractivity contribution in [2.24, 2.45) is 0 Å². The molecule has 3 aromatic rings. The maximum atomic E-state index is 5.74. The van der Waals surface area contributed by atoms with Crippen molar-refractivity contribution in [3.63, 3.8) is 0 Å². The lowest BCUT2D eigenvalue weighted by atomic mass is 10.0. The Balaban J connectivity index is 1.96. The Bertz CT molecular complexity index is 902. The van der Waals surface area contributed by atoms with Crippen molar-refractivity contribution in [1.29, 1.82) is 0 Å². The fraction of sp³-hybridized carbons (Fsp3) is 0.318. The van der Waals surface area contributed by atoms with Gasteiger partial charge in [0.15, 0.2) is 17.3 Å². The van der Waals surface area contributed by atoms with Crippen LogP contribution in [-0.4, -0.2) is 33.1 Å². The summed E-state index contributed by atoms with van der Waals surface area (Å²) in [7, 11) is 4.77. The summed E-state index contributed by atoms with van der Waals surface area (Å²) in [5.74, 6) is 3.21. The molecular weight excluding hydrogens is 358 g/mol. The zero-order chi connectivity index (χ0) is 19.9. The van der Waals surface area contributed by atoms with Gasteiger partial charge >= 0.3 is 0 Å². The van der Waals surface area contributed by atoms with E-state index in [2.05, 4.69) is 12.1 Å². The number of benzene rings is 2. The van der Waals surface area contributed by atoms with Crippen LogP contribution in [0.5, 0.6) is 23.0 Å². The van der Waals surface area contributed by atoms with Crippen molar-refractivity contribution in [2.75, 3.05) is 27.9 Å². The molecule has 1 heterocycles. The van der Waals surface area contributed by atoms with E-state index >= 15 is 0 Å². The molecule has 28 heavy (non-hydrogen) atoms. The van der Waals surface area contributed by atoms with E-state index in [4.69, 9.17) is 23.5 Å². The minimum atomic E-state index is 0.581. The van der Waals surface area contributed by atoms with E-state index < -0.39 is 0 Å². The Kier molecular flexibility index (Phi) is 6.42. The summed E-state index contributed by atoms with van der Waals surface area (Å²) < 4.78 is 27.6. The standard InChI is InChI=1S/C22H25NO5/c1-5-6-11-27-16-9-7-15(8-10-16)18-14-23-28-22(18)17-12-20(25-3)21(26-4)13-19(17)24-2/h7-10,12-14H,5-6,11H2,1-4H3. The van der Waals surface area contributed by atoms with Gasteiger partial charge in [0, 0.05) is 11.6 Å². The van der Waals surface area contributed by atoms with Crippen molar-refractivity contribution in [3.8, 4) is 45.4 Å². The first-order chi connectivity index (χ1) is 13.7. The van der Waals surface area contributed by atoms with Crippen LogP contribution >= 0.6 is 0 Å². The molecule has 0 aliphatic heterocycles. The van der Waals surface area contributed by atoms with Gasteiger partial charge in [0.25, 0.3) is 0 Å². The number of aromatic nitrogens is 1. The molecule has 3 rings (SSSR count). The normalized spacial score (nSPS) is 10.6. The molecule has 0 radical (unpaired) electrons. The molecule has 1 aromatic heterocycles.